The zero-order chi connectivity index (χ0) is 14.5. The standard InChI is InChI=1S/C16H17N3O/c1-11-10-13(5-4-12(2)17-3)6-7-14(11)15-8-9-16(20)19-18-15/h4-10,17H,2H2,1,3H3,(H,19,20)/b5-4+. The number of nitrogens with zero attached hydrogens (tertiary/aromatic N) is 1. The number of rotatable bonds is 4. The molecule has 0 radical (unpaired) electrons. The maximum absolute atomic E-state index is 11.0. The summed E-state index contributed by atoms with van der Waals surface area (Å²) in [6, 6.07) is 9.28. The van der Waals surface area contributed by atoms with Crippen molar-refractivity contribution in [3.8, 4) is 11.3 Å². The third kappa shape index (κ3) is 3.23. The van der Waals surface area contributed by atoms with Crippen LogP contribution in [-0.2, 0) is 0 Å². The lowest BCUT2D eigenvalue weighted by Crippen LogP contribution is -2.05. The third-order valence-corrected chi connectivity index (χ3v) is 3.00. The zero-order valence-corrected chi connectivity index (χ0v) is 11.6. The van der Waals surface area contributed by atoms with Crippen molar-refractivity contribution in [2.24, 2.45) is 0 Å². The van der Waals surface area contributed by atoms with Gasteiger partial charge in [-0.3, -0.25) is 4.79 Å². The largest absolute Gasteiger partial charge is 0.389 e. The summed E-state index contributed by atoms with van der Waals surface area (Å²) in [4.78, 5) is 11.0. The van der Waals surface area contributed by atoms with E-state index >= 15 is 0 Å². The summed E-state index contributed by atoms with van der Waals surface area (Å²) in [7, 11) is 1.84. The van der Waals surface area contributed by atoms with E-state index < -0.39 is 0 Å². The summed E-state index contributed by atoms with van der Waals surface area (Å²) >= 11 is 0. The van der Waals surface area contributed by atoms with Crippen molar-refractivity contribution in [3.63, 3.8) is 0 Å². The average Bonchev–Trinajstić information content (AvgIpc) is 2.46. The van der Waals surface area contributed by atoms with Gasteiger partial charge in [-0.15, -0.1) is 0 Å². The van der Waals surface area contributed by atoms with E-state index in [1.807, 2.05) is 38.3 Å². The molecule has 0 saturated carbocycles. The van der Waals surface area contributed by atoms with E-state index in [4.69, 9.17) is 0 Å². The van der Waals surface area contributed by atoms with E-state index in [0.29, 0.717) is 0 Å². The summed E-state index contributed by atoms with van der Waals surface area (Å²) in [6.07, 6.45) is 3.92. The minimum atomic E-state index is -0.198. The Morgan fingerprint density at radius 3 is 2.75 bits per heavy atom. The Hall–Kier alpha value is -2.62. The molecule has 1 heterocycles. The van der Waals surface area contributed by atoms with E-state index in [9.17, 15) is 4.79 Å². The summed E-state index contributed by atoms with van der Waals surface area (Å²) in [5, 5.41) is 9.46. The van der Waals surface area contributed by atoms with Gasteiger partial charge in [-0.25, -0.2) is 5.10 Å². The van der Waals surface area contributed by atoms with Gasteiger partial charge in [0.15, 0.2) is 0 Å². The minimum absolute atomic E-state index is 0.198. The lowest BCUT2D eigenvalue weighted by molar-refractivity contribution is 0.994. The van der Waals surface area contributed by atoms with Gasteiger partial charge >= 0.3 is 0 Å². The molecule has 4 heteroatoms. The molecule has 2 rings (SSSR count). The van der Waals surface area contributed by atoms with Crippen molar-refractivity contribution in [2.75, 3.05) is 7.05 Å². The molecule has 0 aliphatic rings. The number of H-pyrrole nitrogens is 1. The molecule has 0 aliphatic carbocycles. The van der Waals surface area contributed by atoms with Crippen LogP contribution in [0.1, 0.15) is 11.1 Å². The van der Waals surface area contributed by atoms with E-state index in [2.05, 4.69) is 28.2 Å². The maximum Gasteiger partial charge on any atom is 0.264 e. The first kappa shape index (κ1) is 13.8. The molecule has 0 atom stereocenters. The molecular formula is C16H17N3O. The second kappa shape index (κ2) is 6.02. The molecule has 1 aromatic carbocycles. The second-order valence-corrected chi connectivity index (χ2v) is 4.49. The molecule has 1 aromatic heterocycles. The number of aromatic amines is 1. The number of likely N-dealkylation sites (N-methyl/N-ethyl adjacent to an activating group) is 1. The molecule has 0 spiro atoms. The molecule has 0 bridgehead atoms. The summed E-state index contributed by atoms with van der Waals surface area (Å²) in [5.41, 5.74) is 4.61. The average molecular weight is 267 g/mol. The predicted octanol–water partition coefficient (Wildman–Crippen LogP) is 2.49. The smallest absolute Gasteiger partial charge is 0.264 e. The van der Waals surface area contributed by atoms with Crippen molar-refractivity contribution in [1.82, 2.24) is 15.5 Å². The van der Waals surface area contributed by atoms with Crippen molar-refractivity contribution >= 4 is 6.08 Å². The Labute approximate surface area is 117 Å². The molecule has 2 aromatic rings. The van der Waals surface area contributed by atoms with Crippen LogP contribution in [0.2, 0.25) is 0 Å². The first-order chi connectivity index (χ1) is 9.60. The number of hydrogen-bond acceptors (Lipinski definition) is 3. The van der Waals surface area contributed by atoms with Crippen LogP contribution in [0.4, 0.5) is 0 Å². The number of aryl methyl sites for hydroxylation is 1. The summed E-state index contributed by atoms with van der Waals surface area (Å²) in [5.74, 6) is 0. The van der Waals surface area contributed by atoms with Gasteiger partial charge in [0, 0.05) is 24.4 Å². The molecule has 4 nitrogen and oxygen atoms in total. The molecule has 0 aliphatic heterocycles. The van der Waals surface area contributed by atoms with Gasteiger partial charge in [0.05, 0.1) is 5.69 Å². The Bertz CT molecular complexity index is 693. The van der Waals surface area contributed by atoms with Gasteiger partial charge < -0.3 is 5.32 Å². The van der Waals surface area contributed by atoms with Crippen molar-refractivity contribution in [3.05, 3.63) is 70.2 Å². The van der Waals surface area contributed by atoms with Crippen LogP contribution in [0.25, 0.3) is 17.3 Å². The Balaban J connectivity index is 2.30. The quantitative estimate of drug-likeness (QED) is 0.837. The van der Waals surface area contributed by atoms with Crippen molar-refractivity contribution in [2.45, 2.75) is 6.92 Å². The van der Waals surface area contributed by atoms with E-state index in [1.54, 1.807) is 6.07 Å². The highest BCUT2D eigenvalue weighted by Crippen LogP contribution is 2.22. The molecule has 0 unspecified atom stereocenters. The molecule has 0 saturated heterocycles. The number of nitrogens with one attached hydrogen (secondary N) is 2. The Morgan fingerprint density at radius 2 is 2.15 bits per heavy atom. The van der Waals surface area contributed by atoms with Gasteiger partial charge in [-0.05, 0) is 30.2 Å². The lowest BCUT2D eigenvalue weighted by atomic mass is 10.0. The van der Waals surface area contributed by atoms with Crippen LogP contribution in [-0.4, -0.2) is 17.2 Å². The van der Waals surface area contributed by atoms with Crippen LogP contribution in [0, 0.1) is 6.92 Å². The number of benzene rings is 1. The highest BCUT2D eigenvalue weighted by Gasteiger charge is 2.03. The van der Waals surface area contributed by atoms with Crippen LogP contribution < -0.4 is 10.9 Å². The molecule has 0 fully saturated rings. The van der Waals surface area contributed by atoms with E-state index in [0.717, 1.165) is 28.1 Å². The molecule has 20 heavy (non-hydrogen) atoms. The van der Waals surface area contributed by atoms with Crippen molar-refractivity contribution in [1.29, 1.82) is 0 Å². The van der Waals surface area contributed by atoms with Gasteiger partial charge in [0.2, 0.25) is 0 Å². The topological polar surface area (TPSA) is 57.8 Å². The normalized spacial score (nSPS) is 10.7. The lowest BCUT2D eigenvalue weighted by Gasteiger charge is -2.06. The Kier molecular flexibility index (Phi) is 4.15. The SMILES string of the molecule is C=C(/C=C/c1ccc(-c2ccc(=O)[nH]n2)c(C)c1)NC. The van der Waals surface area contributed by atoms with Gasteiger partial charge in [-0.2, -0.15) is 5.10 Å². The zero-order valence-electron chi connectivity index (χ0n) is 11.6. The van der Waals surface area contributed by atoms with Crippen LogP contribution in [0.5, 0.6) is 0 Å². The van der Waals surface area contributed by atoms with Gasteiger partial charge in [0.1, 0.15) is 0 Å². The van der Waals surface area contributed by atoms with Crippen LogP contribution in [0.3, 0.4) is 0 Å². The first-order valence-corrected chi connectivity index (χ1v) is 6.31. The predicted molar refractivity (Wildman–Crippen MR) is 82.3 cm³/mol. The van der Waals surface area contributed by atoms with Crippen LogP contribution >= 0.6 is 0 Å². The highest BCUT2D eigenvalue weighted by atomic mass is 16.1. The Morgan fingerprint density at radius 1 is 1.35 bits per heavy atom. The maximum atomic E-state index is 11.0. The van der Waals surface area contributed by atoms with Crippen molar-refractivity contribution < 1.29 is 0 Å². The first-order valence-electron chi connectivity index (χ1n) is 6.31. The second-order valence-electron chi connectivity index (χ2n) is 4.49. The fraction of sp³-hybridized carbons (Fsp3) is 0.125. The molecule has 0 amide bonds. The number of hydrogen-bond donors (Lipinski definition) is 2. The van der Waals surface area contributed by atoms with Gasteiger partial charge in [0.25, 0.3) is 5.56 Å². The summed E-state index contributed by atoms with van der Waals surface area (Å²) in [6.45, 7) is 5.86. The van der Waals surface area contributed by atoms with Crippen LogP contribution in [0.15, 0.2) is 53.5 Å². The molecular weight excluding hydrogens is 250 g/mol. The fourth-order valence-electron chi connectivity index (χ4n) is 1.85. The van der Waals surface area contributed by atoms with E-state index in [1.165, 1.54) is 6.07 Å². The number of allylic oxidation sites excluding steroid dienone is 1. The monoisotopic (exact) mass is 267 g/mol. The van der Waals surface area contributed by atoms with Gasteiger partial charge in [-0.1, -0.05) is 30.9 Å². The third-order valence-electron chi connectivity index (χ3n) is 3.00. The van der Waals surface area contributed by atoms with E-state index in [-0.39, 0.29) is 5.56 Å². The molecule has 2 N–H and O–H groups in total. The minimum Gasteiger partial charge on any atom is -0.389 e. The fourth-order valence-corrected chi connectivity index (χ4v) is 1.85. The molecule has 102 valence electrons. The number of aromatic nitrogens is 2. The highest BCUT2D eigenvalue weighted by molar-refractivity contribution is 5.66. The summed E-state index contributed by atoms with van der Waals surface area (Å²) < 4.78 is 0.